The molecular weight excluding hydrogens is 172 g/mol. The first-order valence-electron chi connectivity index (χ1n) is 3.74. The van der Waals surface area contributed by atoms with E-state index in [1.165, 1.54) is 12.1 Å². The lowest BCUT2D eigenvalue weighted by Gasteiger charge is -2.04. The minimum absolute atomic E-state index is 0.0752. The molecule has 0 atom stereocenters. The van der Waals surface area contributed by atoms with Gasteiger partial charge < -0.3 is 15.6 Å². The van der Waals surface area contributed by atoms with Crippen LogP contribution in [0.3, 0.4) is 0 Å². The lowest BCUT2D eigenvalue weighted by Crippen LogP contribution is -2.01. The van der Waals surface area contributed by atoms with E-state index in [0.29, 0.717) is 11.4 Å². The summed E-state index contributed by atoms with van der Waals surface area (Å²) in [5.74, 6) is 0.470. The summed E-state index contributed by atoms with van der Waals surface area (Å²) in [4.78, 5) is 10.2. The summed E-state index contributed by atoms with van der Waals surface area (Å²) in [6.07, 6.45) is 0. The van der Waals surface area contributed by atoms with E-state index in [2.05, 4.69) is 5.18 Å². The van der Waals surface area contributed by atoms with E-state index in [-0.39, 0.29) is 18.9 Å². The number of nitrogens with two attached hydrogens (primary N) is 1. The van der Waals surface area contributed by atoms with Gasteiger partial charge in [0.1, 0.15) is 18.0 Å². The Bertz CT molecular complexity index is 301. The van der Waals surface area contributed by atoms with E-state index < -0.39 is 0 Å². The van der Waals surface area contributed by atoms with Gasteiger partial charge in [-0.1, -0.05) is 0 Å². The zero-order chi connectivity index (χ0) is 9.68. The quantitative estimate of drug-likeness (QED) is 0.538. The largest absolute Gasteiger partial charge is 0.491 e. The molecule has 3 N–H and O–H groups in total. The van der Waals surface area contributed by atoms with Gasteiger partial charge in [0.25, 0.3) is 0 Å². The minimum Gasteiger partial charge on any atom is -0.491 e. The Morgan fingerprint density at radius 2 is 2.31 bits per heavy atom. The first-order valence-corrected chi connectivity index (χ1v) is 3.74. The van der Waals surface area contributed by atoms with Crippen molar-refractivity contribution in [3.8, 4) is 5.75 Å². The Morgan fingerprint density at radius 3 is 2.92 bits per heavy atom. The van der Waals surface area contributed by atoms with Crippen LogP contribution >= 0.6 is 0 Å². The van der Waals surface area contributed by atoms with Gasteiger partial charge in [0.2, 0.25) is 0 Å². The van der Waals surface area contributed by atoms with Crippen LogP contribution in [0.2, 0.25) is 0 Å². The average Bonchev–Trinajstić information content (AvgIpc) is 2.16. The molecule has 0 amide bonds. The summed E-state index contributed by atoms with van der Waals surface area (Å²) in [6.45, 7) is 0.108. The lowest BCUT2D eigenvalue weighted by molar-refractivity contribution is 0.201. The normalized spacial score (nSPS) is 9.62. The molecule has 0 saturated carbocycles. The number of hydrogen-bond acceptors (Lipinski definition) is 5. The molecule has 0 aliphatic rings. The van der Waals surface area contributed by atoms with Crippen molar-refractivity contribution in [2.75, 3.05) is 18.9 Å². The summed E-state index contributed by atoms with van der Waals surface area (Å²) in [6, 6.07) is 4.57. The molecule has 0 fully saturated rings. The third-order valence-corrected chi connectivity index (χ3v) is 1.46. The molecule has 0 heterocycles. The van der Waals surface area contributed by atoms with Crippen molar-refractivity contribution in [2.45, 2.75) is 0 Å². The van der Waals surface area contributed by atoms with Crippen LogP contribution < -0.4 is 10.5 Å². The fourth-order valence-electron chi connectivity index (χ4n) is 0.856. The molecule has 0 spiro atoms. The third-order valence-electron chi connectivity index (χ3n) is 1.46. The maximum atomic E-state index is 10.2. The summed E-state index contributed by atoms with van der Waals surface area (Å²) in [5, 5.41) is 11.2. The Balaban J connectivity index is 2.80. The number of anilines is 1. The second-order valence-electron chi connectivity index (χ2n) is 2.38. The number of rotatable bonds is 4. The Morgan fingerprint density at radius 1 is 1.54 bits per heavy atom. The van der Waals surface area contributed by atoms with E-state index in [1.807, 2.05) is 0 Å². The van der Waals surface area contributed by atoms with Gasteiger partial charge in [-0.15, -0.1) is 4.91 Å². The number of nitrogen functional groups attached to an aromatic ring is 1. The van der Waals surface area contributed by atoms with E-state index in [9.17, 15) is 4.91 Å². The summed E-state index contributed by atoms with van der Waals surface area (Å²) in [7, 11) is 0. The van der Waals surface area contributed by atoms with Crippen LogP contribution in [0, 0.1) is 4.91 Å². The number of nitroso groups, excluding NO2 is 1. The molecule has 0 saturated heterocycles. The van der Waals surface area contributed by atoms with Crippen LogP contribution in [-0.4, -0.2) is 18.3 Å². The maximum Gasteiger partial charge on any atom is 0.134 e. The molecule has 1 aromatic carbocycles. The fraction of sp³-hybridized carbons (Fsp3) is 0.250. The van der Waals surface area contributed by atoms with Gasteiger partial charge in [-0.05, 0) is 17.3 Å². The number of ether oxygens (including phenoxy) is 1. The van der Waals surface area contributed by atoms with Crippen molar-refractivity contribution >= 4 is 11.4 Å². The van der Waals surface area contributed by atoms with Crippen LogP contribution in [-0.2, 0) is 0 Å². The molecule has 0 aliphatic carbocycles. The lowest BCUT2D eigenvalue weighted by atomic mass is 10.2. The number of aliphatic hydroxyl groups excluding tert-OH is 1. The first-order chi connectivity index (χ1) is 6.27. The Hall–Kier alpha value is -1.62. The molecule has 1 aromatic rings. The standard InChI is InChI=1S/C8H10N2O3/c9-7-2-1-6(13-4-3-11)5-8(7)10-12/h1-2,5,11H,3-4,9H2. The highest BCUT2D eigenvalue weighted by atomic mass is 16.5. The predicted molar refractivity (Wildman–Crippen MR) is 48.9 cm³/mol. The summed E-state index contributed by atoms with van der Waals surface area (Å²) >= 11 is 0. The first kappa shape index (κ1) is 9.47. The number of aliphatic hydroxyl groups is 1. The number of hydrogen-bond donors (Lipinski definition) is 2. The topological polar surface area (TPSA) is 84.9 Å². The summed E-state index contributed by atoms with van der Waals surface area (Å²) in [5.41, 5.74) is 5.89. The molecule has 0 aromatic heterocycles. The van der Waals surface area contributed by atoms with Gasteiger partial charge in [-0.2, -0.15) is 0 Å². The molecule has 0 unspecified atom stereocenters. The monoisotopic (exact) mass is 182 g/mol. The zero-order valence-corrected chi connectivity index (χ0v) is 6.93. The van der Waals surface area contributed by atoms with E-state index >= 15 is 0 Å². The Kier molecular flexibility index (Phi) is 3.22. The number of benzene rings is 1. The van der Waals surface area contributed by atoms with Crippen molar-refractivity contribution in [3.63, 3.8) is 0 Å². The van der Waals surface area contributed by atoms with E-state index in [4.69, 9.17) is 15.6 Å². The predicted octanol–water partition coefficient (Wildman–Crippen LogP) is 1.04. The number of nitrogens with zero attached hydrogens (tertiary/aromatic N) is 1. The van der Waals surface area contributed by atoms with Crippen LogP contribution in [0.25, 0.3) is 0 Å². The fourth-order valence-corrected chi connectivity index (χ4v) is 0.856. The van der Waals surface area contributed by atoms with Crippen molar-refractivity contribution in [3.05, 3.63) is 23.1 Å². The molecule has 5 nitrogen and oxygen atoms in total. The molecule has 70 valence electrons. The smallest absolute Gasteiger partial charge is 0.134 e. The van der Waals surface area contributed by atoms with Gasteiger partial charge in [0, 0.05) is 6.07 Å². The molecule has 0 radical (unpaired) electrons. The van der Waals surface area contributed by atoms with Crippen LogP contribution in [0.1, 0.15) is 0 Å². The summed E-state index contributed by atoms with van der Waals surface area (Å²) < 4.78 is 5.05. The van der Waals surface area contributed by atoms with Gasteiger partial charge >= 0.3 is 0 Å². The van der Waals surface area contributed by atoms with Crippen molar-refractivity contribution in [2.24, 2.45) is 5.18 Å². The highest BCUT2D eigenvalue weighted by Crippen LogP contribution is 2.26. The second kappa shape index (κ2) is 4.42. The highest BCUT2D eigenvalue weighted by Gasteiger charge is 2.01. The van der Waals surface area contributed by atoms with Crippen molar-refractivity contribution in [1.29, 1.82) is 0 Å². The van der Waals surface area contributed by atoms with Crippen molar-refractivity contribution in [1.82, 2.24) is 0 Å². The van der Waals surface area contributed by atoms with Gasteiger partial charge in [-0.3, -0.25) is 0 Å². The molecule has 5 heteroatoms. The molecule has 0 aliphatic heterocycles. The Labute approximate surface area is 75.1 Å². The molecule has 13 heavy (non-hydrogen) atoms. The average molecular weight is 182 g/mol. The second-order valence-corrected chi connectivity index (χ2v) is 2.38. The molecular formula is C8H10N2O3. The van der Waals surface area contributed by atoms with Gasteiger partial charge in [-0.25, -0.2) is 0 Å². The van der Waals surface area contributed by atoms with Crippen LogP contribution in [0.5, 0.6) is 5.75 Å². The van der Waals surface area contributed by atoms with E-state index in [1.54, 1.807) is 6.07 Å². The zero-order valence-electron chi connectivity index (χ0n) is 6.93. The minimum atomic E-state index is -0.0752. The third kappa shape index (κ3) is 2.41. The maximum absolute atomic E-state index is 10.2. The van der Waals surface area contributed by atoms with Gasteiger partial charge in [0.15, 0.2) is 0 Å². The SMILES string of the molecule is Nc1ccc(OCCO)cc1N=O. The van der Waals surface area contributed by atoms with Crippen molar-refractivity contribution < 1.29 is 9.84 Å². The van der Waals surface area contributed by atoms with E-state index in [0.717, 1.165) is 0 Å². The van der Waals surface area contributed by atoms with Crippen LogP contribution in [0.4, 0.5) is 11.4 Å². The molecule has 1 rings (SSSR count). The molecule has 0 bridgehead atoms. The van der Waals surface area contributed by atoms with Crippen LogP contribution in [0.15, 0.2) is 23.4 Å². The highest BCUT2D eigenvalue weighted by molar-refractivity contribution is 5.64. The van der Waals surface area contributed by atoms with Gasteiger partial charge in [0.05, 0.1) is 12.3 Å².